The van der Waals surface area contributed by atoms with Crippen molar-refractivity contribution in [1.29, 1.82) is 0 Å². The van der Waals surface area contributed by atoms with Gasteiger partial charge in [-0.3, -0.25) is 4.79 Å². The van der Waals surface area contributed by atoms with E-state index >= 15 is 0 Å². The van der Waals surface area contributed by atoms with Gasteiger partial charge in [-0.25, -0.2) is 9.97 Å². The minimum Gasteiger partial charge on any atom is -0.348 e. The van der Waals surface area contributed by atoms with Crippen molar-refractivity contribution >= 4 is 11.4 Å². The first kappa shape index (κ1) is 10.9. The summed E-state index contributed by atoms with van der Waals surface area (Å²) < 4.78 is 1.81. The minimum atomic E-state index is -0.0897. The molecule has 2 aromatic heterocycles. The molecular formula is C13H15N5O. The number of imidazole rings is 1. The quantitative estimate of drug-likeness (QED) is 0.807. The Morgan fingerprint density at radius 1 is 1.42 bits per heavy atom. The zero-order chi connectivity index (χ0) is 12.8. The van der Waals surface area contributed by atoms with Gasteiger partial charge in [0.25, 0.3) is 5.91 Å². The van der Waals surface area contributed by atoms with Crippen LogP contribution >= 0.6 is 0 Å². The van der Waals surface area contributed by atoms with Crippen LogP contribution in [0.15, 0.2) is 24.9 Å². The molecule has 0 spiro atoms. The number of carbonyl (C=O) groups is 1. The van der Waals surface area contributed by atoms with Gasteiger partial charge >= 0.3 is 0 Å². The Balaban J connectivity index is 1.53. The van der Waals surface area contributed by atoms with Crippen LogP contribution in [0.2, 0.25) is 0 Å². The summed E-state index contributed by atoms with van der Waals surface area (Å²) in [5.74, 6) is 0.485. The minimum absolute atomic E-state index is 0.0897. The smallest absolute Gasteiger partial charge is 0.271 e. The Hall–Kier alpha value is -1.95. The maximum atomic E-state index is 12.2. The zero-order valence-electron chi connectivity index (χ0n) is 10.4. The second kappa shape index (κ2) is 4.03. The van der Waals surface area contributed by atoms with Crippen LogP contribution in [0.3, 0.4) is 0 Å². The van der Waals surface area contributed by atoms with Gasteiger partial charge in [-0.1, -0.05) is 0 Å². The van der Waals surface area contributed by atoms with Gasteiger partial charge < -0.3 is 15.0 Å². The largest absolute Gasteiger partial charge is 0.348 e. The summed E-state index contributed by atoms with van der Waals surface area (Å²) in [4.78, 5) is 20.4. The van der Waals surface area contributed by atoms with Gasteiger partial charge in [-0.2, -0.15) is 0 Å². The molecule has 3 atom stereocenters. The summed E-state index contributed by atoms with van der Waals surface area (Å²) in [5, 5.41) is 6.55. The van der Waals surface area contributed by atoms with Crippen molar-refractivity contribution in [2.75, 3.05) is 6.54 Å². The molecule has 1 aliphatic carbocycles. The summed E-state index contributed by atoms with van der Waals surface area (Å²) in [5.41, 5.74) is 1.34. The lowest BCUT2D eigenvalue weighted by Gasteiger charge is -2.23. The highest BCUT2D eigenvalue weighted by atomic mass is 16.2. The number of fused-ring (bicyclic) bond motifs is 3. The molecule has 1 amide bonds. The van der Waals surface area contributed by atoms with Crippen molar-refractivity contribution in [2.24, 2.45) is 5.92 Å². The van der Waals surface area contributed by atoms with Gasteiger partial charge in [0.05, 0.1) is 24.2 Å². The Morgan fingerprint density at radius 3 is 3.16 bits per heavy atom. The molecule has 0 radical (unpaired) electrons. The zero-order valence-corrected chi connectivity index (χ0v) is 10.4. The van der Waals surface area contributed by atoms with E-state index in [0.29, 0.717) is 23.7 Å². The van der Waals surface area contributed by atoms with E-state index in [4.69, 9.17) is 0 Å². The fourth-order valence-corrected chi connectivity index (χ4v) is 3.20. The van der Waals surface area contributed by atoms with Crippen molar-refractivity contribution in [3.05, 3.63) is 30.6 Å². The van der Waals surface area contributed by atoms with Crippen molar-refractivity contribution in [3.8, 4) is 0 Å². The third-order valence-electron chi connectivity index (χ3n) is 4.21. The van der Waals surface area contributed by atoms with E-state index in [1.165, 1.54) is 6.42 Å². The summed E-state index contributed by atoms with van der Waals surface area (Å²) in [6.07, 6.45) is 9.00. The fraction of sp³-hybridized carbons (Fsp3) is 0.462. The van der Waals surface area contributed by atoms with Crippen molar-refractivity contribution in [1.82, 2.24) is 25.0 Å². The van der Waals surface area contributed by atoms with Crippen LogP contribution in [0, 0.1) is 5.92 Å². The topological polar surface area (TPSA) is 71.3 Å². The monoisotopic (exact) mass is 257 g/mol. The van der Waals surface area contributed by atoms with Crippen LogP contribution < -0.4 is 10.6 Å². The van der Waals surface area contributed by atoms with E-state index in [9.17, 15) is 4.79 Å². The third-order valence-corrected chi connectivity index (χ3v) is 4.21. The summed E-state index contributed by atoms with van der Waals surface area (Å²) in [6, 6.07) is 0.874. The molecule has 2 aliphatic rings. The highest BCUT2D eigenvalue weighted by Gasteiger charge is 2.40. The van der Waals surface area contributed by atoms with Crippen molar-refractivity contribution in [3.63, 3.8) is 0 Å². The Morgan fingerprint density at radius 2 is 2.37 bits per heavy atom. The SMILES string of the molecule is O=C(N[C@H]1C[C@@H]2C[C@@H]1CN2)c1cn2cncc2cn1. The first-order valence-corrected chi connectivity index (χ1v) is 6.61. The van der Waals surface area contributed by atoms with Gasteiger partial charge in [0.15, 0.2) is 0 Å². The summed E-state index contributed by atoms with van der Waals surface area (Å²) in [6.45, 7) is 1.02. The van der Waals surface area contributed by atoms with Crippen LogP contribution in [-0.2, 0) is 0 Å². The fourth-order valence-electron chi connectivity index (χ4n) is 3.20. The van der Waals surface area contributed by atoms with Crippen LogP contribution in [0.1, 0.15) is 23.3 Å². The number of amides is 1. The maximum Gasteiger partial charge on any atom is 0.271 e. The average molecular weight is 257 g/mol. The number of piperidine rings is 1. The van der Waals surface area contributed by atoms with E-state index in [1.54, 1.807) is 24.9 Å². The molecule has 1 aliphatic heterocycles. The van der Waals surface area contributed by atoms with E-state index in [-0.39, 0.29) is 5.91 Å². The van der Waals surface area contributed by atoms with Gasteiger partial charge in [0, 0.05) is 24.8 Å². The summed E-state index contributed by atoms with van der Waals surface area (Å²) >= 11 is 0. The lowest BCUT2D eigenvalue weighted by atomic mass is 10.0. The predicted octanol–water partition coefficient (Wildman–Crippen LogP) is 0.209. The van der Waals surface area contributed by atoms with Gasteiger partial charge in [0.2, 0.25) is 0 Å². The Labute approximate surface area is 110 Å². The number of carbonyl (C=O) groups excluding carboxylic acids is 1. The third kappa shape index (κ3) is 1.79. The second-order valence-corrected chi connectivity index (χ2v) is 5.41. The molecule has 1 saturated heterocycles. The van der Waals surface area contributed by atoms with Crippen LogP contribution in [0.5, 0.6) is 0 Å². The van der Waals surface area contributed by atoms with Crippen molar-refractivity contribution in [2.45, 2.75) is 24.9 Å². The maximum absolute atomic E-state index is 12.2. The molecule has 3 heterocycles. The molecule has 2 fully saturated rings. The average Bonchev–Trinajstić information content (AvgIpc) is 3.13. The first-order valence-electron chi connectivity index (χ1n) is 6.61. The molecule has 19 heavy (non-hydrogen) atoms. The summed E-state index contributed by atoms with van der Waals surface area (Å²) in [7, 11) is 0. The highest BCUT2D eigenvalue weighted by molar-refractivity contribution is 5.92. The van der Waals surface area contributed by atoms with E-state index in [0.717, 1.165) is 18.5 Å². The number of nitrogens with one attached hydrogen (secondary N) is 2. The molecule has 98 valence electrons. The van der Waals surface area contributed by atoms with E-state index < -0.39 is 0 Å². The molecule has 2 bridgehead atoms. The number of hydrogen-bond acceptors (Lipinski definition) is 4. The number of rotatable bonds is 2. The molecule has 0 unspecified atom stereocenters. The van der Waals surface area contributed by atoms with E-state index in [1.807, 2.05) is 4.40 Å². The van der Waals surface area contributed by atoms with E-state index in [2.05, 4.69) is 20.6 Å². The van der Waals surface area contributed by atoms with Gasteiger partial charge in [-0.05, 0) is 18.8 Å². The molecule has 1 saturated carbocycles. The highest BCUT2D eigenvalue weighted by Crippen LogP contribution is 2.31. The normalized spacial score (nSPS) is 28.9. The predicted molar refractivity (Wildman–Crippen MR) is 68.8 cm³/mol. The van der Waals surface area contributed by atoms with Gasteiger partial charge in [0.1, 0.15) is 5.69 Å². The molecule has 2 aromatic rings. The molecule has 6 nitrogen and oxygen atoms in total. The number of nitrogens with zero attached hydrogens (tertiary/aromatic N) is 3. The first-order chi connectivity index (χ1) is 9.29. The number of hydrogen-bond donors (Lipinski definition) is 2. The Bertz CT molecular complexity index is 637. The molecule has 0 aromatic carbocycles. The van der Waals surface area contributed by atoms with Crippen LogP contribution in [-0.4, -0.2) is 38.9 Å². The lowest BCUT2D eigenvalue weighted by molar-refractivity contribution is 0.0919. The Kier molecular flexibility index (Phi) is 2.32. The van der Waals surface area contributed by atoms with Gasteiger partial charge in [-0.15, -0.1) is 0 Å². The van der Waals surface area contributed by atoms with Crippen molar-refractivity contribution < 1.29 is 4.79 Å². The lowest BCUT2D eigenvalue weighted by Crippen LogP contribution is -2.44. The van der Waals surface area contributed by atoms with Crippen LogP contribution in [0.25, 0.3) is 5.52 Å². The molecule has 4 rings (SSSR count). The molecule has 6 heteroatoms. The molecular weight excluding hydrogens is 242 g/mol. The standard InChI is InChI=1S/C13H15N5O/c19-13(17-11-2-9-1-8(11)3-15-9)12-6-18-7-14-4-10(18)5-16-12/h4-9,11,15H,1-3H2,(H,17,19)/t8-,9+,11+/m1/s1. The molecule has 2 N–H and O–H groups in total. The van der Waals surface area contributed by atoms with Crippen LogP contribution in [0.4, 0.5) is 0 Å². The number of aromatic nitrogens is 3. The second-order valence-electron chi connectivity index (χ2n) is 5.41.